The topological polar surface area (TPSA) is 55.1 Å². The van der Waals surface area contributed by atoms with Crippen molar-refractivity contribution in [3.05, 3.63) is 30.1 Å². The fraction of sp³-hybridized carbons (Fsp3) is 0.500. The van der Waals surface area contributed by atoms with E-state index in [1.54, 1.807) is 0 Å². The lowest BCUT2D eigenvalue weighted by Gasteiger charge is -2.25. The van der Waals surface area contributed by atoms with Gasteiger partial charge in [-0.3, -0.25) is 4.79 Å². The second-order valence-corrected chi connectivity index (χ2v) is 5.59. The van der Waals surface area contributed by atoms with Crippen LogP contribution < -0.4 is 0 Å². The number of aliphatic carboxylic acids is 1. The molecule has 1 heterocycles. The summed E-state index contributed by atoms with van der Waals surface area (Å²) in [5.41, 5.74) is 2.25. The van der Waals surface area contributed by atoms with Gasteiger partial charge in [0.1, 0.15) is 5.82 Å². The highest BCUT2D eigenvalue weighted by Gasteiger charge is 2.25. The first kappa shape index (κ1) is 13.2. The first-order valence-corrected chi connectivity index (χ1v) is 7.42. The van der Waals surface area contributed by atoms with Gasteiger partial charge in [-0.2, -0.15) is 0 Å². The molecular formula is C16H20N2O2. The Morgan fingerprint density at radius 2 is 2.10 bits per heavy atom. The highest BCUT2D eigenvalue weighted by Crippen LogP contribution is 2.37. The van der Waals surface area contributed by atoms with E-state index < -0.39 is 5.97 Å². The van der Waals surface area contributed by atoms with Crippen molar-refractivity contribution >= 4 is 17.0 Å². The molecule has 1 saturated carbocycles. The molecule has 2 aromatic rings. The maximum absolute atomic E-state index is 10.6. The largest absolute Gasteiger partial charge is 0.481 e. The number of benzene rings is 1. The van der Waals surface area contributed by atoms with Gasteiger partial charge < -0.3 is 9.67 Å². The van der Waals surface area contributed by atoms with Crippen LogP contribution in [0.25, 0.3) is 11.0 Å². The van der Waals surface area contributed by atoms with Crippen LogP contribution in [0, 0.1) is 0 Å². The lowest BCUT2D eigenvalue weighted by Crippen LogP contribution is -2.15. The van der Waals surface area contributed by atoms with E-state index >= 15 is 0 Å². The summed E-state index contributed by atoms with van der Waals surface area (Å²) in [5, 5.41) is 8.71. The molecule has 0 aliphatic heterocycles. The average molecular weight is 272 g/mol. The lowest BCUT2D eigenvalue weighted by atomic mass is 9.85. The molecule has 4 nitrogen and oxygen atoms in total. The molecule has 0 saturated heterocycles. The van der Waals surface area contributed by atoms with Crippen LogP contribution >= 0.6 is 0 Å². The van der Waals surface area contributed by atoms with E-state index in [1.165, 1.54) is 30.6 Å². The van der Waals surface area contributed by atoms with Crippen LogP contribution in [0.4, 0.5) is 0 Å². The van der Waals surface area contributed by atoms with Crippen LogP contribution in [0.3, 0.4) is 0 Å². The third kappa shape index (κ3) is 2.55. The number of carbonyl (C=O) groups is 1. The number of nitrogens with zero attached hydrogens (tertiary/aromatic N) is 2. The zero-order chi connectivity index (χ0) is 13.9. The zero-order valence-corrected chi connectivity index (χ0v) is 11.6. The number of carboxylic acid groups (broad SMARTS) is 1. The molecule has 1 N–H and O–H groups in total. The molecule has 3 rings (SSSR count). The van der Waals surface area contributed by atoms with Crippen LogP contribution in [0.1, 0.15) is 50.3 Å². The number of aryl methyl sites for hydroxylation is 1. The van der Waals surface area contributed by atoms with Crippen LogP contribution in [0.15, 0.2) is 24.3 Å². The van der Waals surface area contributed by atoms with Crippen molar-refractivity contribution in [1.29, 1.82) is 0 Å². The Balaban J connectivity index is 1.80. The van der Waals surface area contributed by atoms with Crippen molar-refractivity contribution in [3.8, 4) is 0 Å². The smallest absolute Gasteiger partial charge is 0.303 e. The molecule has 1 aromatic carbocycles. The van der Waals surface area contributed by atoms with Crippen LogP contribution in [0.5, 0.6) is 0 Å². The minimum atomic E-state index is -0.709. The van der Waals surface area contributed by atoms with Gasteiger partial charge in [0.25, 0.3) is 0 Å². The number of carboxylic acids is 1. The molecule has 0 unspecified atom stereocenters. The Labute approximate surface area is 118 Å². The third-order valence-electron chi connectivity index (χ3n) is 4.18. The number of fused-ring (bicyclic) bond motifs is 1. The molecule has 1 aromatic heterocycles. The molecule has 1 aliphatic carbocycles. The number of unbranched alkanes of at least 4 members (excludes halogenated alkanes) is 1. The molecule has 0 amide bonds. The van der Waals surface area contributed by atoms with Gasteiger partial charge in [-0.05, 0) is 37.8 Å². The average Bonchev–Trinajstić information content (AvgIpc) is 2.71. The Kier molecular flexibility index (Phi) is 3.72. The zero-order valence-electron chi connectivity index (χ0n) is 11.6. The lowest BCUT2D eigenvalue weighted by molar-refractivity contribution is -0.137. The van der Waals surface area contributed by atoms with Crippen LogP contribution in [-0.4, -0.2) is 20.6 Å². The Bertz CT molecular complexity index is 614. The first-order valence-electron chi connectivity index (χ1n) is 7.42. The first-order chi connectivity index (χ1) is 9.75. The standard InChI is InChI=1S/C16H20N2O2/c19-15(20)10-3-4-11-18-14-9-2-1-8-13(14)17-16(18)12-6-5-7-12/h1-2,8-9,12H,3-7,10-11H2,(H,19,20). The van der Waals surface area contributed by atoms with E-state index in [9.17, 15) is 4.79 Å². The fourth-order valence-corrected chi connectivity index (χ4v) is 2.85. The number of aromatic nitrogens is 2. The van der Waals surface area contributed by atoms with Gasteiger partial charge in [-0.1, -0.05) is 18.6 Å². The van der Waals surface area contributed by atoms with Crippen molar-refractivity contribution in [2.75, 3.05) is 0 Å². The third-order valence-corrected chi connectivity index (χ3v) is 4.18. The summed E-state index contributed by atoms with van der Waals surface area (Å²) >= 11 is 0. The maximum Gasteiger partial charge on any atom is 0.303 e. The van der Waals surface area contributed by atoms with Crippen molar-refractivity contribution in [2.24, 2.45) is 0 Å². The van der Waals surface area contributed by atoms with E-state index in [0.717, 1.165) is 24.9 Å². The quantitative estimate of drug-likeness (QED) is 0.818. The number of imidazole rings is 1. The molecule has 1 fully saturated rings. The summed E-state index contributed by atoms with van der Waals surface area (Å²) in [6, 6.07) is 8.24. The molecule has 0 bridgehead atoms. The highest BCUT2D eigenvalue weighted by molar-refractivity contribution is 5.76. The minimum absolute atomic E-state index is 0.255. The summed E-state index contributed by atoms with van der Waals surface area (Å²) in [5.74, 6) is 1.09. The number of rotatable bonds is 6. The second kappa shape index (κ2) is 5.65. The van der Waals surface area contributed by atoms with Crippen molar-refractivity contribution in [3.63, 3.8) is 0 Å². The highest BCUT2D eigenvalue weighted by atomic mass is 16.4. The van der Waals surface area contributed by atoms with Gasteiger partial charge in [0, 0.05) is 18.9 Å². The fourth-order valence-electron chi connectivity index (χ4n) is 2.85. The van der Waals surface area contributed by atoms with Gasteiger partial charge >= 0.3 is 5.97 Å². The van der Waals surface area contributed by atoms with E-state index in [2.05, 4.69) is 16.7 Å². The molecule has 0 radical (unpaired) electrons. The van der Waals surface area contributed by atoms with Gasteiger partial charge in [0.2, 0.25) is 0 Å². The molecule has 0 spiro atoms. The van der Waals surface area contributed by atoms with E-state index in [1.807, 2.05) is 12.1 Å². The van der Waals surface area contributed by atoms with Gasteiger partial charge in [-0.25, -0.2) is 4.98 Å². The molecule has 106 valence electrons. The molecule has 1 aliphatic rings. The summed E-state index contributed by atoms with van der Waals surface area (Å²) in [6.07, 6.45) is 5.65. The SMILES string of the molecule is O=C(O)CCCCn1c(C2CCC2)nc2ccccc21. The second-order valence-electron chi connectivity index (χ2n) is 5.59. The minimum Gasteiger partial charge on any atom is -0.481 e. The van der Waals surface area contributed by atoms with E-state index in [-0.39, 0.29) is 6.42 Å². The van der Waals surface area contributed by atoms with Crippen LogP contribution in [-0.2, 0) is 11.3 Å². The monoisotopic (exact) mass is 272 g/mol. The number of para-hydroxylation sites is 2. The van der Waals surface area contributed by atoms with Gasteiger partial charge in [-0.15, -0.1) is 0 Å². The Morgan fingerprint density at radius 3 is 2.80 bits per heavy atom. The van der Waals surface area contributed by atoms with Crippen molar-refractivity contribution in [2.45, 2.75) is 51.0 Å². The van der Waals surface area contributed by atoms with E-state index in [0.29, 0.717) is 5.92 Å². The number of hydrogen-bond acceptors (Lipinski definition) is 2. The van der Waals surface area contributed by atoms with Crippen LogP contribution in [0.2, 0.25) is 0 Å². The summed E-state index contributed by atoms with van der Waals surface area (Å²) in [6.45, 7) is 0.875. The van der Waals surface area contributed by atoms with Gasteiger partial charge in [0.15, 0.2) is 0 Å². The predicted octanol–water partition coefficient (Wildman–Crippen LogP) is 3.56. The summed E-state index contributed by atoms with van der Waals surface area (Å²) < 4.78 is 2.31. The summed E-state index contributed by atoms with van der Waals surface area (Å²) in [7, 11) is 0. The Hall–Kier alpha value is -1.84. The normalized spacial score (nSPS) is 15.4. The van der Waals surface area contributed by atoms with E-state index in [4.69, 9.17) is 10.1 Å². The molecule has 20 heavy (non-hydrogen) atoms. The molecule has 4 heteroatoms. The van der Waals surface area contributed by atoms with Crippen molar-refractivity contribution < 1.29 is 9.90 Å². The molecule has 0 atom stereocenters. The van der Waals surface area contributed by atoms with Crippen molar-refractivity contribution in [1.82, 2.24) is 9.55 Å². The Morgan fingerprint density at radius 1 is 1.30 bits per heavy atom. The molecular weight excluding hydrogens is 252 g/mol. The maximum atomic E-state index is 10.6. The summed E-state index contributed by atoms with van der Waals surface area (Å²) in [4.78, 5) is 15.4. The van der Waals surface area contributed by atoms with Gasteiger partial charge in [0.05, 0.1) is 11.0 Å². The predicted molar refractivity (Wildman–Crippen MR) is 77.8 cm³/mol. The number of hydrogen-bond donors (Lipinski definition) is 1.